The summed E-state index contributed by atoms with van der Waals surface area (Å²) in [5.74, 6) is 2.17. The van der Waals surface area contributed by atoms with Gasteiger partial charge in [0, 0.05) is 17.0 Å². The van der Waals surface area contributed by atoms with Crippen LogP contribution in [0, 0.1) is 13.8 Å². The van der Waals surface area contributed by atoms with Crippen molar-refractivity contribution in [2.45, 2.75) is 24.8 Å². The Morgan fingerprint density at radius 2 is 1.85 bits per heavy atom. The normalized spacial score (nSPS) is 11.0. The minimum atomic E-state index is 0.637. The molecule has 0 aliphatic rings. The summed E-state index contributed by atoms with van der Waals surface area (Å²) in [5, 5.41) is 9.40. The van der Waals surface area contributed by atoms with Gasteiger partial charge < -0.3 is 4.42 Å². The molecule has 0 saturated heterocycles. The lowest BCUT2D eigenvalue weighted by atomic mass is 10.2. The number of aryl methyl sites for hydroxylation is 2. The highest BCUT2D eigenvalue weighted by molar-refractivity contribution is 7.98. The Labute approximate surface area is 156 Å². The number of nitrogens with zero attached hydrogens (tertiary/aromatic N) is 4. The van der Waals surface area contributed by atoms with Gasteiger partial charge >= 0.3 is 0 Å². The van der Waals surface area contributed by atoms with E-state index in [0.717, 1.165) is 27.9 Å². The quantitative estimate of drug-likeness (QED) is 0.476. The van der Waals surface area contributed by atoms with E-state index in [0.29, 0.717) is 11.6 Å². The summed E-state index contributed by atoms with van der Waals surface area (Å²) in [6, 6.07) is 18.2. The molecule has 0 amide bonds. The van der Waals surface area contributed by atoms with Crippen molar-refractivity contribution in [2.75, 3.05) is 0 Å². The maximum Gasteiger partial charge on any atom is 0.226 e. The average Bonchev–Trinajstić information content (AvgIpc) is 3.27. The van der Waals surface area contributed by atoms with Crippen LogP contribution in [0.2, 0.25) is 0 Å². The van der Waals surface area contributed by atoms with Gasteiger partial charge in [0.15, 0.2) is 5.16 Å². The van der Waals surface area contributed by atoms with Crippen LogP contribution in [0.25, 0.3) is 17.1 Å². The van der Waals surface area contributed by atoms with Crippen LogP contribution in [-0.2, 0) is 5.75 Å². The van der Waals surface area contributed by atoms with Gasteiger partial charge in [0.05, 0.1) is 5.69 Å². The monoisotopic (exact) mass is 362 g/mol. The van der Waals surface area contributed by atoms with Crippen molar-refractivity contribution < 1.29 is 4.42 Å². The average molecular weight is 362 g/mol. The molecule has 0 saturated carbocycles. The minimum absolute atomic E-state index is 0.637. The van der Waals surface area contributed by atoms with Crippen molar-refractivity contribution in [3.8, 4) is 17.1 Å². The summed E-state index contributed by atoms with van der Waals surface area (Å²) >= 11 is 1.60. The van der Waals surface area contributed by atoms with Crippen molar-refractivity contribution in [1.82, 2.24) is 19.7 Å². The third kappa shape index (κ3) is 3.41. The molecular weight excluding hydrogens is 344 g/mol. The topological polar surface area (TPSA) is 56.7 Å². The molecule has 6 heteroatoms. The van der Waals surface area contributed by atoms with Crippen LogP contribution in [0.1, 0.15) is 17.1 Å². The summed E-state index contributed by atoms with van der Waals surface area (Å²) < 4.78 is 7.67. The molecule has 2 aromatic heterocycles. The van der Waals surface area contributed by atoms with Crippen molar-refractivity contribution in [1.29, 1.82) is 0 Å². The van der Waals surface area contributed by atoms with E-state index in [2.05, 4.69) is 44.9 Å². The van der Waals surface area contributed by atoms with Gasteiger partial charge in [-0.1, -0.05) is 42.1 Å². The molecule has 0 spiro atoms. The molecule has 0 aliphatic carbocycles. The molecule has 0 atom stereocenters. The van der Waals surface area contributed by atoms with E-state index >= 15 is 0 Å². The van der Waals surface area contributed by atoms with Gasteiger partial charge in [-0.3, -0.25) is 4.57 Å². The van der Waals surface area contributed by atoms with Gasteiger partial charge in [0.1, 0.15) is 12.1 Å². The first-order chi connectivity index (χ1) is 12.7. The SMILES string of the molecule is Cc1cccc(-n2c(C)nnc2SCc2coc(-c3ccccc3)n2)c1. The lowest BCUT2D eigenvalue weighted by Gasteiger charge is -2.08. The van der Waals surface area contributed by atoms with Crippen LogP contribution >= 0.6 is 11.8 Å². The summed E-state index contributed by atoms with van der Waals surface area (Å²) in [5.41, 5.74) is 4.13. The first kappa shape index (κ1) is 16.6. The van der Waals surface area contributed by atoms with E-state index in [-0.39, 0.29) is 0 Å². The van der Waals surface area contributed by atoms with E-state index in [1.54, 1.807) is 18.0 Å². The van der Waals surface area contributed by atoms with E-state index < -0.39 is 0 Å². The lowest BCUT2D eigenvalue weighted by molar-refractivity contribution is 0.573. The van der Waals surface area contributed by atoms with E-state index in [1.807, 2.05) is 43.3 Å². The standard InChI is InChI=1S/C20H18N4OS/c1-14-7-6-10-18(11-14)24-15(2)22-23-20(24)26-13-17-12-25-19(21-17)16-8-4-3-5-9-16/h3-12H,13H2,1-2H3. The number of aromatic nitrogens is 4. The predicted molar refractivity (Wildman–Crippen MR) is 102 cm³/mol. The molecule has 2 aromatic carbocycles. The van der Waals surface area contributed by atoms with Crippen LogP contribution in [0.15, 0.2) is 70.4 Å². The fraction of sp³-hybridized carbons (Fsp3) is 0.150. The predicted octanol–water partition coefficient (Wildman–Crippen LogP) is 4.83. The molecule has 26 heavy (non-hydrogen) atoms. The van der Waals surface area contributed by atoms with Gasteiger partial charge in [-0.25, -0.2) is 4.98 Å². The van der Waals surface area contributed by atoms with Gasteiger partial charge in [-0.15, -0.1) is 10.2 Å². The number of hydrogen-bond acceptors (Lipinski definition) is 5. The van der Waals surface area contributed by atoms with E-state index in [4.69, 9.17) is 4.42 Å². The van der Waals surface area contributed by atoms with Crippen LogP contribution in [0.3, 0.4) is 0 Å². The molecule has 0 N–H and O–H groups in total. The number of rotatable bonds is 5. The summed E-state index contributed by atoms with van der Waals surface area (Å²) in [6.45, 7) is 4.04. The van der Waals surface area contributed by atoms with Gasteiger partial charge in [0.25, 0.3) is 0 Å². The van der Waals surface area contributed by atoms with Crippen molar-refractivity contribution in [3.63, 3.8) is 0 Å². The fourth-order valence-electron chi connectivity index (χ4n) is 2.73. The molecule has 2 heterocycles. The molecule has 5 nitrogen and oxygen atoms in total. The number of benzene rings is 2. The van der Waals surface area contributed by atoms with Gasteiger partial charge in [0.2, 0.25) is 5.89 Å². The van der Waals surface area contributed by atoms with Crippen LogP contribution in [0.5, 0.6) is 0 Å². The largest absolute Gasteiger partial charge is 0.444 e. The number of hydrogen-bond donors (Lipinski definition) is 0. The molecular formula is C20H18N4OS. The lowest BCUT2D eigenvalue weighted by Crippen LogP contribution is -1.99. The third-order valence-electron chi connectivity index (χ3n) is 3.98. The first-order valence-corrected chi connectivity index (χ1v) is 9.31. The zero-order valence-corrected chi connectivity index (χ0v) is 15.4. The zero-order valence-electron chi connectivity index (χ0n) is 14.6. The van der Waals surface area contributed by atoms with Crippen LogP contribution in [-0.4, -0.2) is 19.7 Å². The van der Waals surface area contributed by atoms with E-state index in [9.17, 15) is 0 Å². The highest BCUT2D eigenvalue weighted by Gasteiger charge is 2.13. The highest BCUT2D eigenvalue weighted by Crippen LogP contribution is 2.26. The maximum atomic E-state index is 5.61. The Kier molecular flexibility index (Phi) is 4.58. The Bertz CT molecular complexity index is 1020. The number of thioether (sulfide) groups is 1. The third-order valence-corrected chi connectivity index (χ3v) is 4.94. The molecule has 0 aliphatic heterocycles. The number of oxazole rings is 1. The molecule has 0 bridgehead atoms. The summed E-state index contributed by atoms with van der Waals surface area (Å²) in [6.07, 6.45) is 1.70. The second kappa shape index (κ2) is 7.17. The van der Waals surface area contributed by atoms with Crippen LogP contribution < -0.4 is 0 Å². The molecule has 0 fully saturated rings. The summed E-state index contributed by atoms with van der Waals surface area (Å²) in [4.78, 5) is 4.57. The Morgan fingerprint density at radius 1 is 1.00 bits per heavy atom. The summed E-state index contributed by atoms with van der Waals surface area (Å²) in [7, 11) is 0. The van der Waals surface area contributed by atoms with Crippen LogP contribution in [0.4, 0.5) is 0 Å². The molecule has 4 rings (SSSR count). The molecule has 0 unspecified atom stereocenters. The Balaban J connectivity index is 1.54. The van der Waals surface area contributed by atoms with Crippen molar-refractivity contribution in [2.24, 2.45) is 0 Å². The van der Waals surface area contributed by atoms with Crippen molar-refractivity contribution >= 4 is 11.8 Å². The second-order valence-electron chi connectivity index (χ2n) is 6.00. The maximum absolute atomic E-state index is 5.61. The Morgan fingerprint density at radius 3 is 2.65 bits per heavy atom. The van der Waals surface area contributed by atoms with Gasteiger partial charge in [-0.05, 0) is 43.7 Å². The van der Waals surface area contributed by atoms with E-state index in [1.165, 1.54) is 5.56 Å². The second-order valence-corrected chi connectivity index (χ2v) is 6.95. The smallest absolute Gasteiger partial charge is 0.226 e. The molecule has 130 valence electrons. The minimum Gasteiger partial charge on any atom is -0.444 e. The Hall–Kier alpha value is -2.86. The zero-order chi connectivity index (χ0) is 17.9. The van der Waals surface area contributed by atoms with Gasteiger partial charge in [-0.2, -0.15) is 0 Å². The molecule has 4 aromatic rings. The molecule has 0 radical (unpaired) electrons. The van der Waals surface area contributed by atoms with Crippen molar-refractivity contribution in [3.05, 3.63) is 77.9 Å². The first-order valence-electron chi connectivity index (χ1n) is 8.32. The fourth-order valence-corrected chi connectivity index (χ4v) is 3.60. The highest BCUT2D eigenvalue weighted by atomic mass is 32.2.